The van der Waals surface area contributed by atoms with Crippen LogP contribution in [0.15, 0.2) is 18.2 Å². The van der Waals surface area contributed by atoms with E-state index in [-0.39, 0.29) is 17.7 Å². The molecule has 6 nitrogen and oxygen atoms in total. The SMILES string of the molecule is CN1C[C@@H](C(=O)N(C)Cc2ccc3c(c2)OCCO3)CC1=O. The van der Waals surface area contributed by atoms with E-state index < -0.39 is 0 Å². The third-order valence-electron chi connectivity index (χ3n) is 4.09. The number of rotatable bonds is 3. The van der Waals surface area contributed by atoms with Gasteiger partial charge in [-0.25, -0.2) is 0 Å². The minimum atomic E-state index is -0.236. The van der Waals surface area contributed by atoms with Gasteiger partial charge in [0.05, 0.1) is 5.92 Å². The van der Waals surface area contributed by atoms with Crippen LogP contribution in [-0.2, 0) is 16.1 Å². The van der Waals surface area contributed by atoms with Crippen LogP contribution in [0.5, 0.6) is 11.5 Å². The number of hydrogen-bond donors (Lipinski definition) is 0. The van der Waals surface area contributed by atoms with Gasteiger partial charge in [-0.3, -0.25) is 9.59 Å². The number of amides is 2. The van der Waals surface area contributed by atoms with Crippen LogP contribution in [0, 0.1) is 5.92 Å². The second-order valence-electron chi connectivity index (χ2n) is 5.85. The van der Waals surface area contributed by atoms with Crippen LogP contribution < -0.4 is 9.47 Å². The zero-order chi connectivity index (χ0) is 15.7. The Balaban J connectivity index is 1.65. The maximum absolute atomic E-state index is 12.4. The average molecular weight is 304 g/mol. The summed E-state index contributed by atoms with van der Waals surface area (Å²) in [7, 11) is 3.50. The molecule has 0 aromatic heterocycles. The molecule has 2 heterocycles. The van der Waals surface area contributed by atoms with E-state index in [2.05, 4.69) is 0 Å². The first kappa shape index (κ1) is 14.7. The summed E-state index contributed by atoms with van der Waals surface area (Å²) < 4.78 is 11.0. The number of ether oxygens (including phenoxy) is 2. The summed E-state index contributed by atoms with van der Waals surface area (Å²) in [4.78, 5) is 27.3. The summed E-state index contributed by atoms with van der Waals surface area (Å²) in [5.74, 6) is 1.27. The fraction of sp³-hybridized carbons (Fsp3) is 0.500. The van der Waals surface area contributed by atoms with Gasteiger partial charge in [0.1, 0.15) is 13.2 Å². The average Bonchev–Trinajstić information content (AvgIpc) is 2.85. The van der Waals surface area contributed by atoms with Crippen LogP contribution >= 0.6 is 0 Å². The number of carbonyl (C=O) groups excluding carboxylic acids is 2. The molecule has 3 rings (SSSR count). The van der Waals surface area contributed by atoms with Gasteiger partial charge in [0, 0.05) is 33.6 Å². The second kappa shape index (κ2) is 5.87. The molecular formula is C16H20N2O4. The zero-order valence-electron chi connectivity index (χ0n) is 12.9. The molecule has 2 aliphatic rings. The third-order valence-corrected chi connectivity index (χ3v) is 4.09. The van der Waals surface area contributed by atoms with Gasteiger partial charge in [-0.1, -0.05) is 6.07 Å². The van der Waals surface area contributed by atoms with Crippen molar-refractivity contribution in [2.45, 2.75) is 13.0 Å². The molecule has 0 aliphatic carbocycles. The second-order valence-corrected chi connectivity index (χ2v) is 5.85. The Morgan fingerprint density at radius 2 is 2.05 bits per heavy atom. The van der Waals surface area contributed by atoms with Gasteiger partial charge in [0.25, 0.3) is 0 Å². The molecule has 2 aliphatic heterocycles. The Morgan fingerprint density at radius 3 is 2.73 bits per heavy atom. The van der Waals surface area contributed by atoms with E-state index in [1.807, 2.05) is 18.2 Å². The van der Waals surface area contributed by atoms with E-state index in [4.69, 9.17) is 9.47 Å². The summed E-state index contributed by atoms with van der Waals surface area (Å²) in [6, 6.07) is 5.71. The number of hydrogen-bond acceptors (Lipinski definition) is 4. The summed E-state index contributed by atoms with van der Waals surface area (Å²) >= 11 is 0. The predicted octanol–water partition coefficient (Wildman–Crippen LogP) is 0.894. The van der Waals surface area contributed by atoms with Gasteiger partial charge in [-0.2, -0.15) is 0 Å². The van der Waals surface area contributed by atoms with Crippen LogP contribution in [0.25, 0.3) is 0 Å². The van der Waals surface area contributed by atoms with Crippen LogP contribution in [0.1, 0.15) is 12.0 Å². The highest BCUT2D eigenvalue weighted by molar-refractivity contribution is 5.89. The van der Waals surface area contributed by atoms with E-state index in [1.54, 1.807) is 23.9 Å². The summed E-state index contributed by atoms with van der Waals surface area (Å²) in [5.41, 5.74) is 0.984. The van der Waals surface area contributed by atoms with Crippen molar-refractivity contribution in [3.05, 3.63) is 23.8 Å². The van der Waals surface area contributed by atoms with Crippen molar-refractivity contribution in [2.24, 2.45) is 5.92 Å². The Labute approximate surface area is 129 Å². The topological polar surface area (TPSA) is 59.1 Å². The molecule has 1 aromatic carbocycles. The van der Waals surface area contributed by atoms with Crippen molar-refractivity contribution in [2.75, 3.05) is 33.9 Å². The molecule has 1 aromatic rings. The molecule has 118 valence electrons. The fourth-order valence-corrected chi connectivity index (χ4v) is 2.88. The molecule has 2 amide bonds. The van der Waals surface area contributed by atoms with Gasteiger partial charge in [0.2, 0.25) is 11.8 Å². The largest absolute Gasteiger partial charge is 0.486 e. The lowest BCUT2D eigenvalue weighted by Crippen LogP contribution is -2.33. The number of nitrogens with zero attached hydrogens (tertiary/aromatic N) is 2. The lowest BCUT2D eigenvalue weighted by atomic mass is 10.1. The monoisotopic (exact) mass is 304 g/mol. The molecule has 0 radical (unpaired) electrons. The minimum absolute atomic E-state index is 0.00703. The number of benzene rings is 1. The minimum Gasteiger partial charge on any atom is -0.486 e. The lowest BCUT2D eigenvalue weighted by molar-refractivity contribution is -0.135. The van der Waals surface area contributed by atoms with Crippen LogP contribution in [0.4, 0.5) is 0 Å². The molecule has 1 atom stereocenters. The maximum Gasteiger partial charge on any atom is 0.228 e. The molecule has 0 bridgehead atoms. The highest BCUT2D eigenvalue weighted by Gasteiger charge is 2.33. The maximum atomic E-state index is 12.4. The van der Waals surface area contributed by atoms with Crippen molar-refractivity contribution in [1.82, 2.24) is 9.80 Å². The Hall–Kier alpha value is -2.24. The highest BCUT2D eigenvalue weighted by Crippen LogP contribution is 2.31. The molecule has 0 unspecified atom stereocenters. The summed E-state index contributed by atoms with van der Waals surface area (Å²) in [6.45, 7) is 2.10. The molecule has 0 N–H and O–H groups in total. The van der Waals surface area contributed by atoms with Gasteiger partial charge in [-0.05, 0) is 17.7 Å². The Morgan fingerprint density at radius 1 is 1.32 bits per heavy atom. The molecule has 6 heteroatoms. The molecule has 1 saturated heterocycles. The molecular weight excluding hydrogens is 284 g/mol. The lowest BCUT2D eigenvalue weighted by Gasteiger charge is -2.23. The Bertz CT molecular complexity index is 602. The fourth-order valence-electron chi connectivity index (χ4n) is 2.88. The van der Waals surface area contributed by atoms with Crippen LogP contribution in [-0.4, -0.2) is 55.5 Å². The summed E-state index contributed by atoms with van der Waals surface area (Å²) in [5, 5.41) is 0. The number of likely N-dealkylation sites (tertiary alicyclic amines) is 1. The zero-order valence-corrected chi connectivity index (χ0v) is 12.9. The van der Waals surface area contributed by atoms with Crippen molar-refractivity contribution >= 4 is 11.8 Å². The number of carbonyl (C=O) groups is 2. The van der Waals surface area contributed by atoms with E-state index in [9.17, 15) is 9.59 Å². The van der Waals surface area contributed by atoms with Crippen LogP contribution in [0.3, 0.4) is 0 Å². The molecule has 22 heavy (non-hydrogen) atoms. The predicted molar refractivity (Wildman–Crippen MR) is 79.7 cm³/mol. The van der Waals surface area contributed by atoms with Crippen molar-refractivity contribution in [3.63, 3.8) is 0 Å². The van der Waals surface area contributed by atoms with E-state index in [1.165, 1.54) is 0 Å². The van der Waals surface area contributed by atoms with Gasteiger partial charge in [-0.15, -0.1) is 0 Å². The first-order chi connectivity index (χ1) is 10.5. The molecule has 0 saturated carbocycles. The third kappa shape index (κ3) is 2.86. The smallest absolute Gasteiger partial charge is 0.228 e. The van der Waals surface area contributed by atoms with Gasteiger partial charge in [0.15, 0.2) is 11.5 Å². The first-order valence-electron chi connectivity index (χ1n) is 7.42. The summed E-state index contributed by atoms with van der Waals surface area (Å²) in [6.07, 6.45) is 0.306. The quantitative estimate of drug-likeness (QED) is 0.832. The standard InChI is InChI=1S/C16H20N2O4/c1-17-10-12(8-15(17)19)16(20)18(2)9-11-3-4-13-14(7-11)22-6-5-21-13/h3-4,7,12H,5-6,8-10H2,1-2H3/t12-/m0/s1. The van der Waals surface area contributed by atoms with Gasteiger partial charge >= 0.3 is 0 Å². The van der Waals surface area contributed by atoms with E-state index in [0.717, 1.165) is 17.1 Å². The molecule has 1 fully saturated rings. The van der Waals surface area contributed by atoms with Gasteiger partial charge < -0.3 is 19.3 Å². The van der Waals surface area contributed by atoms with Crippen molar-refractivity contribution < 1.29 is 19.1 Å². The van der Waals surface area contributed by atoms with E-state index >= 15 is 0 Å². The highest BCUT2D eigenvalue weighted by atomic mass is 16.6. The van der Waals surface area contributed by atoms with Crippen LogP contribution in [0.2, 0.25) is 0 Å². The first-order valence-corrected chi connectivity index (χ1v) is 7.42. The Kier molecular flexibility index (Phi) is 3.92. The number of fused-ring (bicyclic) bond motifs is 1. The normalized spacial score (nSPS) is 20.2. The van der Waals surface area contributed by atoms with E-state index in [0.29, 0.717) is 32.7 Å². The van der Waals surface area contributed by atoms with Crippen molar-refractivity contribution in [1.29, 1.82) is 0 Å². The molecule has 0 spiro atoms. The van der Waals surface area contributed by atoms with Crippen molar-refractivity contribution in [3.8, 4) is 11.5 Å².